The highest BCUT2D eigenvalue weighted by Gasteiger charge is 2.28. The first-order chi connectivity index (χ1) is 13.1. The molecule has 10 heteroatoms. The molecule has 0 spiro atoms. The molecule has 3 aromatic carbocycles. The Morgan fingerprint density at radius 1 is 0.464 bits per heavy atom. The molecule has 0 saturated carbocycles. The van der Waals surface area contributed by atoms with E-state index in [0.717, 1.165) is 12.1 Å². The predicted octanol–water partition coefficient (Wildman–Crippen LogP) is 1.68. The van der Waals surface area contributed by atoms with Crippen molar-refractivity contribution in [1.82, 2.24) is 0 Å². The molecule has 0 saturated heterocycles. The quantitative estimate of drug-likeness (QED) is 0.463. The van der Waals surface area contributed by atoms with E-state index in [1.807, 2.05) is 0 Å². The standard InChI is InChI=1S/C18H18N4O4S2/c19-11-5-1-3-7-15(11)27(23,24)17-9-14(22)18(10-13(17)21)28(25,26)16-8-4-2-6-12(16)20/h1-10H,19-22H2. The molecule has 0 heterocycles. The van der Waals surface area contributed by atoms with Crippen LogP contribution in [0.15, 0.2) is 80.2 Å². The average molecular weight is 419 g/mol. The minimum atomic E-state index is -4.11. The van der Waals surface area contributed by atoms with Crippen LogP contribution in [0.25, 0.3) is 0 Å². The topological polar surface area (TPSA) is 172 Å². The van der Waals surface area contributed by atoms with E-state index in [0.29, 0.717) is 0 Å². The van der Waals surface area contributed by atoms with Gasteiger partial charge < -0.3 is 22.9 Å². The molecule has 8 N–H and O–H groups in total. The average Bonchev–Trinajstić information content (AvgIpc) is 2.63. The summed E-state index contributed by atoms with van der Waals surface area (Å²) >= 11 is 0. The molecule has 0 aliphatic carbocycles. The molecule has 146 valence electrons. The molecule has 3 rings (SSSR count). The van der Waals surface area contributed by atoms with Crippen molar-refractivity contribution in [2.45, 2.75) is 19.6 Å². The molecule has 0 atom stereocenters. The smallest absolute Gasteiger partial charge is 0.210 e. The molecule has 0 aliphatic heterocycles. The first-order valence-electron chi connectivity index (χ1n) is 7.95. The van der Waals surface area contributed by atoms with E-state index in [1.165, 1.54) is 36.4 Å². The third-order valence-corrected chi connectivity index (χ3v) is 7.91. The van der Waals surface area contributed by atoms with Crippen molar-refractivity contribution >= 4 is 42.4 Å². The second-order valence-electron chi connectivity index (χ2n) is 6.01. The van der Waals surface area contributed by atoms with Crippen LogP contribution in [0.1, 0.15) is 0 Å². The molecule has 8 nitrogen and oxygen atoms in total. The fourth-order valence-corrected chi connectivity index (χ4v) is 5.79. The molecule has 0 fully saturated rings. The van der Waals surface area contributed by atoms with Crippen molar-refractivity contribution in [3.05, 3.63) is 60.7 Å². The summed E-state index contributed by atoms with van der Waals surface area (Å²) in [4.78, 5) is -0.959. The summed E-state index contributed by atoms with van der Waals surface area (Å²) < 4.78 is 51.7. The Balaban J connectivity index is 2.21. The zero-order valence-corrected chi connectivity index (χ0v) is 16.2. The van der Waals surface area contributed by atoms with Crippen molar-refractivity contribution in [2.24, 2.45) is 0 Å². The van der Waals surface area contributed by atoms with Gasteiger partial charge >= 0.3 is 0 Å². The van der Waals surface area contributed by atoms with Crippen LogP contribution in [0.4, 0.5) is 22.7 Å². The van der Waals surface area contributed by atoms with Gasteiger partial charge in [-0.2, -0.15) is 0 Å². The highest BCUT2D eigenvalue weighted by molar-refractivity contribution is 7.92. The van der Waals surface area contributed by atoms with E-state index in [4.69, 9.17) is 22.9 Å². The van der Waals surface area contributed by atoms with Crippen molar-refractivity contribution in [3.8, 4) is 0 Å². The fourth-order valence-electron chi connectivity index (χ4n) is 2.74. The molecule has 0 bridgehead atoms. The minimum Gasteiger partial charge on any atom is -0.398 e. The van der Waals surface area contributed by atoms with Crippen LogP contribution in [-0.2, 0) is 19.7 Å². The molecule has 0 unspecified atom stereocenters. The van der Waals surface area contributed by atoms with E-state index < -0.39 is 19.7 Å². The van der Waals surface area contributed by atoms with Gasteiger partial charge in [0, 0.05) is 0 Å². The van der Waals surface area contributed by atoms with Crippen LogP contribution in [-0.4, -0.2) is 16.8 Å². The summed E-state index contributed by atoms with van der Waals surface area (Å²) in [7, 11) is -8.21. The Kier molecular flexibility index (Phi) is 4.69. The summed E-state index contributed by atoms with van der Waals surface area (Å²) in [5.41, 5.74) is 22.9. The molecule has 28 heavy (non-hydrogen) atoms. The van der Waals surface area contributed by atoms with Crippen LogP contribution < -0.4 is 22.9 Å². The van der Waals surface area contributed by atoms with E-state index in [9.17, 15) is 16.8 Å². The monoisotopic (exact) mass is 418 g/mol. The van der Waals surface area contributed by atoms with Gasteiger partial charge in [0.25, 0.3) is 0 Å². The fraction of sp³-hybridized carbons (Fsp3) is 0. The zero-order valence-electron chi connectivity index (χ0n) is 14.5. The number of hydrogen-bond donors (Lipinski definition) is 4. The molecule has 0 aromatic heterocycles. The Morgan fingerprint density at radius 3 is 1.11 bits per heavy atom. The van der Waals surface area contributed by atoms with Gasteiger partial charge in [-0.15, -0.1) is 0 Å². The van der Waals surface area contributed by atoms with E-state index in [1.54, 1.807) is 12.1 Å². The predicted molar refractivity (Wildman–Crippen MR) is 108 cm³/mol. The van der Waals surface area contributed by atoms with E-state index in [-0.39, 0.29) is 42.3 Å². The number of rotatable bonds is 4. The number of para-hydroxylation sites is 2. The lowest BCUT2D eigenvalue weighted by Gasteiger charge is -2.14. The molecule has 0 amide bonds. The maximum absolute atomic E-state index is 12.9. The molecular formula is C18H18N4O4S2. The van der Waals surface area contributed by atoms with Gasteiger partial charge in [-0.1, -0.05) is 24.3 Å². The third kappa shape index (κ3) is 3.12. The van der Waals surface area contributed by atoms with Crippen LogP contribution >= 0.6 is 0 Å². The maximum atomic E-state index is 12.9. The highest BCUT2D eigenvalue weighted by atomic mass is 32.2. The minimum absolute atomic E-state index is 0.0363. The van der Waals surface area contributed by atoms with Crippen LogP contribution in [0.3, 0.4) is 0 Å². The van der Waals surface area contributed by atoms with Crippen LogP contribution in [0.5, 0.6) is 0 Å². The lowest BCUT2D eigenvalue weighted by atomic mass is 10.3. The van der Waals surface area contributed by atoms with Gasteiger partial charge in [0.05, 0.1) is 42.3 Å². The Morgan fingerprint density at radius 2 is 0.786 bits per heavy atom. The number of nitrogen functional groups attached to an aromatic ring is 4. The van der Waals surface area contributed by atoms with Gasteiger partial charge in [-0.05, 0) is 36.4 Å². The van der Waals surface area contributed by atoms with Gasteiger partial charge in [-0.3, -0.25) is 0 Å². The van der Waals surface area contributed by atoms with Crippen molar-refractivity contribution in [3.63, 3.8) is 0 Å². The molecule has 0 radical (unpaired) electrons. The van der Waals surface area contributed by atoms with Gasteiger partial charge in [0.15, 0.2) is 0 Å². The first kappa shape index (κ1) is 19.5. The maximum Gasteiger partial charge on any atom is 0.210 e. The van der Waals surface area contributed by atoms with E-state index in [2.05, 4.69) is 0 Å². The summed E-state index contributed by atoms with van der Waals surface area (Å²) in [6.07, 6.45) is 0. The van der Waals surface area contributed by atoms with Gasteiger partial charge in [0.2, 0.25) is 19.7 Å². The number of anilines is 4. The summed E-state index contributed by atoms with van der Waals surface area (Å²) in [6.45, 7) is 0. The number of sulfone groups is 2. The SMILES string of the molecule is Nc1ccccc1S(=O)(=O)c1cc(N)c(S(=O)(=O)c2ccccc2N)cc1N. The Labute approximate surface area is 162 Å². The third-order valence-electron chi connectivity index (χ3n) is 4.14. The number of benzene rings is 3. The van der Waals surface area contributed by atoms with Crippen molar-refractivity contribution in [2.75, 3.05) is 22.9 Å². The molecule has 0 aliphatic rings. The van der Waals surface area contributed by atoms with Crippen molar-refractivity contribution < 1.29 is 16.8 Å². The second-order valence-corrected chi connectivity index (χ2v) is 9.78. The van der Waals surface area contributed by atoms with E-state index >= 15 is 0 Å². The number of hydrogen-bond acceptors (Lipinski definition) is 8. The Bertz CT molecular complexity index is 1190. The normalized spacial score (nSPS) is 12.0. The highest BCUT2D eigenvalue weighted by Crippen LogP contribution is 2.36. The zero-order chi connectivity index (χ0) is 20.7. The summed E-state index contributed by atoms with van der Waals surface area (Å²) in [5, 5.41) is 0. The largest absolute Gasteiger partial charge is 0.398 e. The lowest BCUT2D eigenvalue weighted by Crippen LogP contribution is -2.13. The lowest BCUT2D eigenvalue weighted by molar-refractivity contribution is 0.593. The van der Waals surface area contributed by atoms with Crippen molar-refractivity contribution in [1.29, 1.82) is 0 Å². The van der Waals surface area contributed by atoms with Gasteiger partial charge in [0.1, 0.15) is 0 Å². The van der Waals surface area contributed by atoms with Crippen LogP contribution in [0.2, 0.25) is 0 Å². The summed E-state index contributed by atoms with van der Waals surface area (Å²) in [6, 6.07) is 13.8. The van der Waals surface area contributed by atoms with Crippen LogP contribution in [0, 0.1) is 0 Å². The Hall–Kier alpha value is -3.24. The molecule has 3 aromatic rings. The van der Waals surface area contributed by atoms with Gasteiger partial charge in [-0.25, -0.2) is 16.8 Å². The first-order valence-corrected chi connectivity index (χ1v) is 10.9. The molecular weight excluding hydrogens is 400 g/mol. The number of nitrogens with two attached hydrogens (primary N) is 4. The summed E-state index contributed by atoms with van der Waals surface area (Å²) in [5.74, 6) is 0. The second kappa shape index (κ2) is 6.73.